The first-order chi connectivity index (χ1) is 11.7. The number of ketones is 2. The molecule has 0 unspecified atom stereocenters. The Labute approximate surface area is 153 Å². The summed E-state index contributed by atoms with van der Waals surface area (Å²) >= 11 is 3.24. The van der Waals surface area contributed by atoms with Gasteiger partial charge in [-0.2, -0.15) is 0 Å². The highest BCUT2D eigenvalue weighted by atomic mass is 79.9. The molecule has 2 aromatic rings. The lowest BCUT2D eigenvalue weighted by Gasteiger charge is -2.11. The molecular weight excluding hydrogens is 412 g/mol. The molecule has 0 saturated heterocycles. The molecule has 0 aliphatic heterocycles. The van der Waals surface area contributed by atoms with Crippen molar-refractivity contribution in [1.82, 2.24) is 0 Å². The van der Waals surface area contributed by atoms with E-state index in [2.05, 4.69) is 15.9 Å². The maximum Gasteiger partial charge on any atom is 0.237 e. The van der Waals surface area contributed by atoms with E-state index in [4.69, 9.17) is 9.47 Å². The first-order valence-electron chi connectivity index (χ1n) is 6.99. The van der Waals surface area contributed by atoms with Gasteiger partial charge in [0, 0.05) is 10.7 Å². The van der Waals surface area contributed by atoms with E-state index in [1.807, 2.05) is 0 Å². The van der Waals surface area contributed by atoms with Crippen molar-refractivity contribution in [3.8, 4) is 11.5 Å². The van der Waals surface area contributed by atoms with Crippen molar-refractivity contribution >= 4 is 37.3 Å². The average Bonchev–Trinajstić information content (AvgIpc) is 2.59. The summed E-state index contributed by atoms with van der Waals surface area (Å²) in [6.07, 6.45) is 1.02. The van der Waals surface area contributed by atoms with E-state index in [1.165, 1.54) is 32.4 Å². The topological polar surface area (TPSA) is 86.7 Å². The number of carbonyl (C=O) groups is 2. The van der Waals surface area contributed by atoms with Gasteiger partial charge in [-0.25, -0.2) is 8.42 Å². The number of halogens is 1. The maximum absolute atomic E-state index is 12.7. The Kier molecular flexibility index (Phi) is 5.64. The smallest absolute Gasteiger partial charge is 0.237 e. The Balaban J connectivity index is 2.57. The molecule has 0 heterocycles. The SMILES string of the molecule is COc1ccc(Br)cc1C(=O)C(=O)c1cc(S(C)(=O)=O)ccc1OC. The summed E-state index contributed by atoms with van der Waals surface area (Å²) in [6.45, 7) is 0. The summed E-state index contributed by atoms with van der Waals surface area (Å²) in [5, 5.41) is 0. The predicted molar refractivity (Wildman–Crippen MR) is 95.5 cm³/mol. The van der Waals surface area contributed by atoms with E-state index in [9.17, 15) is 18.0 Å². The summed E-state index contributed by atoms with van der Waals surface area (Å²) in [7, 11) is -0.831. The van der Waals surface area contributed by atoms with Crippen LogP contribution in [-0.4, -0.2) is 40.5 Å². The number of hydrogen-bond donors (Lipinski definition) is 0. The van der Waals surface area contributed by atoms with Gasteiger partial charge in [0.25, 0.3) is 0 Å². The molecule has 132 valence electrons. The van der Waals surface area contributed by atoms with Gasteiger partial charge >= 0.3 is 0 Å². The number of Topliss-reactive ketones (excluding diaryl/α,β-unsaturated/α-hetero) is 2. The molecular formula is C17H15BrO6S. The summed E-state index contributed by atoms with van der Waals surface area (Å²) < 4.78 is 34.3. The van der Waals surface area contributed by atoms with Crippen LogP contribution in [0.5, 0.6) is 11.5 Å². The van der Waals surface area contributed by atoms with Crippen molar-refractivity contribution in [1.29, 1.82) is 0 Å². The first kappa shape index (κ1) is 19.1. The number of sulfone groups is 1. The van der Waals surface area contributed by atoms with E-state index < -0.39 is 21.4 Å². The summed E-state index contributed by atoms with van der Waals surface area (Å²) in [5.74, 6) is -1.37. The zero-order chi connectivity index (χ0) is 18.8. The Morgan fingerprint density at radius 1 is 0.880 bits per heavy atom. The summed E-state index contributed by atoms with van der Waals surface area (Å²) in [4.78, 5) is 25.3. The van der Waals surface area contributed by atoms with E-state index >= 15 is 0 Å². The lowest BCUT2D eigenvalue weighted by atomic mass is 10.00. The van der Waals surface area contributed by atoms with Gasteiger partial charge < -0.3 is 9.47 Å². The van der Waals surface area contributed by atoms with Crippen molar-refractivity contribution < 1.29 is 27.5 Å². The predicted octanol–water partition coefficient (Wildman–Crippen LogP) is 2.94. The highest BCUT2D eigenvalue weighted by molar-refractivity contribution is 9.10. The minimum absolute atomic E-state index is 0.0636. The van der Waals surface area contributed by atoms with Gasteiger partial charge in [0.1, 0.15) is 11.5 Å². The minimum atomic E-state index is -3.54. The van der Waals surface area contributed by atoms with Crippen LogP contribution in [0.2, 0.25) is 0 Å². The van der Waals surface area contributed by atoms with Crippen LogP contribution in [-0.2, 0) is 9.84 Å². The molecule has 6 nitrogen and oxygen atoms in total. The van der Waals surface area contributed by atoms with Gasteiger partial charge in [0.15, 0.2) is 9.84 Å². The molecule has 0 saturated carbocycles. The number of hydrogen-bond acceptors (Lipinski definition) is 6. The van der Waals surface area contributed by atoms with Crippen LogP contribution in [0.25, 0.3) is 0 Å². The van der Waals surface area contributed by atoms with Crippen LogP contribution in [0.1, 0.15) is 20.7 Å². The monoisotopic (exact) mass is 426 g/mol. The van der Waals surface area contributed by atoms with E-state index in [0.29, 0.717) is 4.47 Å². The highest BCUT2D eigenvalue weighted by Gasteiger charge is 2.26. The Hall–Kier alpha value is -2.19. The van der Waals surface area contributed by atoms with E-state index in [-0.39, 0.29) is 27.5 Å². The van der Waals surface area contributed by atoms with E-state index in [0.717, 1.165) is 12.3 Å². The van der Waals surface area contributed by atoms with Crippen molar-refractivity contribution in [2.24, 2.45) is 0 Å². The van der Waals surface area contributed by atoms with Gasteiger partial charge in [0.2, 0.25) is 11.6 Å². The maximum atomic E-state index is 12.7. The number of carbonyl (C=O) groups excluding carboxylic acids is 2. The quantitative estimate of drug-likeness (QED) is 0.521. The van der Waals surface area contributed by atoms with Gasteiger partial charge in [-0.05, 0) is 36.4 Å². The second kappa shape index (κ2) is 7.37. The molecule has 0 aromatic heterocycles. The zero-order valence-corrected chi connectivity index (χ0v) is 16.1. The van der Waals surface area contributed by atoms with Crippen molar-refractivity contribution in [3.63, 3.8) is 0 Å². The van der Waals surface area contributed by atoms with Gasteiger partial charge in [-0.1, -0.05) is 15.9 Å². The lowest BCUT2D eigenvalue weighted by molar-refractivity contribution is 0.0813. The van der Waals surface area contributed by atoms with Crippen LogP contribution in [0.3, 0.4) is 0 Å². The van der Waals surface area contributed by atoms with E-state index in [1.54, 1.807) is 12.1 Å². The highest BCUT2D eigenvalue weighted by Crippen LogP contribution is 2.28. The summed E-state index contributed by atoms with van der Waals surface area (Å²) in [6, 6.07) is 8.48. The molecule has 0 aliphatic carbocycles. The molecule has 0 spiro atoms. The first-order valence-corrected chi connectivity index (χ1v) is 9.68. The molecule has 0 radical (unpaired) electrons. The fraction of sp³-hybridized carbons (Fsp3) is 0.176. The third kappa shape index (κ3) is 4.08. The Morgan fingerprint density at radius 2 is 1.36 bits per heavy atom. The molecule has 0 amide bonds. The Morgan fingerprint density at radius 3 is 1.84 bits per heavy atom. The van der Waals surface area contributed by atoms with Crippen LogP contribution in [0.4, 0.5) is 0 Å². The largest absolute Gasteiger partial charge is 0.496 e. The molecule has 0 N–H and O–H groups in total. The van der Waals surface area contributed by atoms with Crippen molar-refractivity contribution in [2.45, 2.75) is 4.90 Å². The average molecular weight is 427 g/mol. The van der Waals surface area contributed by atoms with Crippen LogP contribution in [0.15, 0.2) is 45.8 Å². The second-order valence-electron chi connectivity index (χ2n) is 5.14. The zero-order valence-electron chi connectivity index (χ0n) is 13.7. The van der Waals surface area contributed by atoms with Crippen molar-refractivity contribution in [2.75, 3.05) is 20.5 Å². The number of rotatable bonds is 6. The minimum Gasteiger partial charge on any atom is -0.496 e. The molecule has 25 heavy (non-hydrogen) atoms. The fourth-order valence-electron chi connectivity index (χ4n) is 2.20. The van der Waals surface area contributed by atoms with Crippen molar-refractivity contribution in [3.05, 3.63) is 52.0 Å². The molecule has 0 atom stereocenters. The number of methoxy groups -OCH3 is 2. The van der Waals surface area contributed by atoms with Crippen LogP contribution in [0, 0.1) is 0 Å². The fourth-order valence-corrected chi connectivity index (χ4v) is 3.21. The molecule has 8 heteroatoms. The molecule has 0 bridgehead atoms. The lowest BCUT2D eigenvalue weighted by Crippen LogP contribution is -2.17. The van der Waals surface area contributed by atoms with Gasteiger partial charge in [-0.3, -0.25) is 9.59 Å². The molecule has 2 aromatic carbocycles. The standard InChI is InChI=1S/C17H15BrO6S/c1-23-14-6-4-10(18)8-12(14)16(19)17(20)13-9-11(25(3,21)22)5-7-15(13)24-2/h4-9H,1-3H3. The van der Waals surface area contributed by atoms with Gasteiger partial charge in [0.05, 0.1) is 30.2 Å². The normalized spacial score (nSPS) is 11.0. The number of ether oxygens (including phenoxy) is 2. The third-order valence-electron chi connectivity index (χ3n) is 3.46. The Bertz CT molecular complexity index is 950. The van der Waals surface area contributed by atoms with Crippen LogP contribution >= 0.6 is 15.9 Å². The van der Waals surface area contributed by atoms with Gasteiger partial charge in [-0.15, -0.1) is 0 Å². The molecule has 2 rings (SSSR count). The molecule has 0 aliphatic rings. The molecule has 0 fully saturated rings. The van der Waals surface area contributed by atoms with Crippen LogP contribution < -0.4 is 9.47 Å². The second-order valence-corrected chi connectivity index (χ2v) is 8.07. The third-order valence-corrected chi connectivity index (χ3v) is 5.06. The number of benzene rings is 2. The summed E-state index contributed by atoms with van der Waals surface area (Å²) in [5.41, 5.74) is -0.0638.